The summed E-state index contributed by atoms with van der Waals surface area (Å²) in [4.78, 5) is 13.4. The van der Waals surface area contributed by atoms with E-state index < -0.39 is 22.8 Å². The predicted octanol–water partition coefficient (Wildman–Crippen LogP) is 1.97. The summed E-state index contributed by atoms with van der Waals surface area (Å²) in [7, 11) is 1.09. The zero-order chi connectivity index (χ0) is 15.5. The van der Waals surface area contributed by atoms with Crippen LogP contribution in [-0.2, 0) is 4.74 Å². The van der Waals surface area contributed by atoms with Crippen LogP contribution in [-0.4, -0.2) is 42.2 Å². The number of nitrogens with zero attached hydrogens (tertiary/aromatic N) is 2. The van der Waals surface area contributed by atoms with Gasteiger partial charge in [-0.05, 0) is 12.8 Å². The van der Waals surface area contributed by atoms with Gasteiger partial charge in [-0.2, -0.15) is 18.3 Å². The lowest BCUT2D eigenvalue weighted by molar-refractivity contribution is -0.328. The molecule has 2 fully saturated rings. The number of alkyl halides is 3. The van der Waals surface area contributed by atoms with E-state index in [2.05, 4.69) is 10.2 Å². The van der Waals surface area contributed by atoms with Crippen molar-refractivity contribution in [3.8, 4) is 0 Å². The van der Waals surface area contributed by atoms with Gasteiger partial charge in [0.2, 0.25) is 0 Å². The number of nitrogens with one attached hydrogen (secondary N) is 1. The first-order valence-electron chi connectivity index (χ1n) is 6.32. The highest BCUT2D eigenvalue weighted by molar-refractivity contribution is 6.29. The predicted molar refractivity (Wildman–Crippen MR) is 69.5 cm³/mol. The lowest BCUT2D eigenvalue weighted by Crippen LogP contribution is -2.72. The molecule has 1 aromatic rings. The Morgan fingerprint density at radius 2 is 2.05 bits per heavy atom. The summed E-state index contributed by atoms with van der Waals surface area (Å²) < 4.78 is 43.6. The third kappa shape index (κ3) is 2.12. The van der Waals surface area contributed by atoms with Gasteiger partial charge in [0.1, 0.15) is 5.69 Å². The Morgan fingerprint density at radius 1 is 1.43 bits per heavy atom. The molecule has 1 aliphatic carbocycles. The van der Waals surface area contributed by atoms with Gasteiger partial charge < -0.3 is 9.64 Å². The number of aromatic amines is 1. The molecule has 0 aromatic carbocycles. The Balaban J connectivity index is 1.70. The molecule has 1 spiro atoms. The van der Waals surface area contributed by atoms with Gasteiger partial charge in [-0.1, -0.05) is 11.6 Å². The Bertz CT molecular complexity index is 617. The van der Waals surface area contributed by atoms with E-state index in [0.29, 0.717) is 18.8 Å². The fraction of sp³-hybridized carbons (Fsp3) is 0.667. The highest BCUT2D eigenvalue weighted by Gasteiger charge is 2.71. The summed E-state index contributed by atoms with van der Waals surface area (Å²) in [6, 6.07) is 1.42. The van der Waals surface area contributed by atoms with Crippen LogP contribution in [0.4, 0.5) is 18.9 Å². The number of hydrogen-bond donors (Lipinski definition) is 1. The largest absolute Gasteiger partial charge is 0.417 e. The molecule has 1 saturated carbocycles. The molecule has 2 aliphatic rings. The number of hydrogen-bond acceptors (Lipinski definition) is 4. The molecular formula is C12H13ClF3N3O2. The van der Waals surface area contributed by atoms with Crippen molar-refractivity contribution >= 4 is 17.3 Å². The zero-order valence-corrected chi connectivity index (χ0v) is 11.9. The Morgan fingerprint density at radius 3 is 2.57 bits per heavy atom. The van der Waals surface area contributed by atoms with Crippen LogP contribution in [0.3, 0.4) is 0 Å². The second kappa shape index (κ2) is 4.36. The summed E-state index contributed by atoms with van der Waals surface area (Å²) in [5.74, 6) is 0. The van der Waals surface area contributed by atoms with Gasteiger partial charge in [-0.3, -0.25) is 4.79 Å². The monoisotopic (exact) mass is 323 g/mol. The van der Waals surface area contributed by atoms with Crippen LogP contribution in [0.1, 0.15) is 12.8 Å². The summed E-state index contributed by atoms with van der Waals surface area (Å²) >= 11 is 5.71. The van der Waals surface area contributed by atoms with Crippen molar-refractivity contribution < 1.29 is 17.9 Å². The number of ether oxygens (including phenoxy) is 1. The summed E-state index contributed by atoms with van der Waals surface area (Å²) in [6.07, 6.45) is -4.52. The topological polar surface area (TPSA) is 58.2 Å². The molecular weight excluding hydrogens is 311 g/mol. The first-order valence-corrected chi connectivity index (χ1v) is 6.70. The van der Waals surface area contributed by atoms with Crippen LogP contribution in [0.5, 0.6) is 0 Å². The molecule has 1 aromatic heterocycles. The van der Waals surface area contributed by atoms with Gasteiger partial charge in [0.25, 0.3) is 5.56 Å². The Hall–Kier alpha value is -1.28. The molecule has 2 heterocycles. The van der Waals surface area contributed by atoms with Crippen LogP contribution < -0.4 is 10.5 Å². The molecule has 1 N–H and O–H groups in total. The maximum Gasteiger partial charge on any atom is 0.417 e. The van der Waals surface area contributed by atoms with E-state index in [1.54, 1.807) is 4.90 Å². The first kappa shape index (κ1) is 14.6. The first-order chi connectivity index (χ1) is 9.70. The molecule has 0 atom stereocenters. The number of rotatable bonds is 2. The fourth-order valence-electron chi connectivity index (χ4n) is 3.38. The number of aromatic nitrogens is 2. The van der Waals surface area contributed by atoms with Gasteiger partial charge in [0.15, 0.2) is 10.8 Å². The van der Waals surface area contributed by atoms with Crippen molar-refractivity contribution in [2.75, 3.05) is 25.1 Å². The molecule has 3 rings (SSSR count). The standard InChI is InChI=1S/C12H13ClF3N3O2/c1-21-11(12(14,15)16)3-10(4-11)5-19(6-10)7-2-8(13)17-18-9(7)20/h2H,3-6H2,1H3,(H,18,20). The molecule has 1 aliphatic heterocycles. The molecule has 21 heavy (non-hydrogen) atoms. The summed E-state index contributed by atoms with van der Waals surface area (Å²) in [5, 5.41) is 5.94. The van der Waals surface area contributed by atoms with E-state index in [4.69, 9.17) is 16.3 Å². The van der Waals surface area contributed by atoms with E-state index in [1.807, 2.05) is 0 Å². The summed E-state index contributed by atoms with van der Waals surface area (Å²) in [5.41, 5.74) is -2.54. The maximum absolute atomic E-state index is 13.0. The molecule has 0 unspecified atom stereocenters. The fourth-order valence-corrected chi connectivity index (χ4v) is 3.53. The second-order valence-corrected chi connectivity index (χ2v) is 6.20. The quantitative estimate of drug-likeness (QED) is 0.904. The normalized spacial score (nSPS) is 22.8. The van der Waals surface area contributed by atoms with Crippen molar-refractivity contribution in [2.45, 2.75) is 24.6 Å². The van der Waals surface area contributed by atoms with Crippen LogP contribution in [0.2, 0.25) is 5.15 Å². The van der Waals surface area contributed by atoms with Gasteiger partial charge in [0, 0.05) is 31.7 Å². The third-order valence-corrected chi connectivity index (χ3v) is 4.57. The lowest BCUT2D eigenvalue weighted by Gasteiger charge is -2.63. The van der Waals surface area contributed by atoms with E-state index in [1.165, 1.54) is 6.07 Å². The smallest absolute Gasteiger partial charge is 0.369 e. The van der Waals surface area contributed by atoms with Crippen molar-refractivity contribution in [1.29, 1.82) is 0 Å². The van der Waals surface area contributed by atoms with E-state index >= 15 is 0 Å². The molecule has 1 saturated heterocycles. The van der Waals surface area contributed by atoms with Gasteiger partial charge >= 0.3 is 6.18 Å². The SMILES string of the molecule is COC1(C(F)(F)F)CC2(CN(c3cc(Cl)n[nH]c3=O)C2)C1. The average Bonchev–Trinajstić information content (AvgIpc) is 2.29. The highest BCUT2D eigenvalue weighted by Crippen LogP contribution is 2.61. The molecule has 9 heteroatoms. The molecule has 116 valence electrons. The number of H-pyrrole nitrogens is 1. The highest BCUT2D eigenvalue weighted by atomic mass is 35.5. The van der Waals surface area contributed by atoms with E-state index in [0.717, 1.165) is 7.11 Å². The van der Waals surface area contributed by atoms with Crippen LogP contribution in [0, 0.1) is 5.41 Å². The van der Waals surface area contributed by atoms with Crippen molar-refractivity contribution in [3.05, 3.63) is 21.6 Å². The Labute approximate surface area is 123 Å². The number of halogens is 4. The van der Waals surface area contributed by atoms with Crippen molar-refractivity contribution in [2.24, 2.45) is 5.41 Å². The van der Waals surface area contributed by atoms with Crippen LogP contribution in [0.25, 0.3) is 0 Å². The lowest BCUT2D eigenvalue weighted by atomic mass is 9.54. The number of anilines is 1. The maximum atomic E-state index is 13.0. The van der Waals surface area contributed by atoms with Crippen LogP contribution >= 0.6 is 11.6 Å². The third-order valence-electron chi connectivity index (χ3n) is 4.37. The molecule has 0 radical (unpaired) electrons. The van der Waals surface area contributed by atoms with Gasteiger partial charge in [-0.15, -0.1) is 0 Å². The Kier molecular flexibility index (Phi) is 3.04. The average molecular weight is 324 g/mol. The van der Waals surface area contributed by atoms with E-state index in [-0.39, 0.29) is 18.0 Å². The molecule has 5 nitrogen and oxygen atoms in total. The van der Waals surface area contributed by atoms with Crippen molar-refractivity contribution in [1.82, 2.24) is 10.2 Å². The van der Waals surface area contributed by atoms with Gasteiger partial charge in [-0.25, -0.2) is 5.10 Å². The molecule has 0 bridgehead atoms. The van der Waals surface area contributed by atoms with Crippen LogP contribution in [0.15, 0.2) is 10.9 Å². The number of methoxy groups -OCH3 is 1. The van der Waals surface area contributed by atoms with E-state index in [9.17, 15) is 18.0 Å². The minimum absolute atomic E-state index is 0.0762. The van der Waals surface area contributed by atoms with Gasteiger partial charge in [0.05, 0.1) is 0 Å². The van der Waals surface area contributed by atoms with Crippen molar-refractivity contribution in [3.63, 3.8) is 0 Å². The zero-order valence-electron chi connectivity index (χ0n) is 11.1. The second-order valence-electron chi connectivity index (χ2n) is 5.81. The minimum Gasteiger partial charge on any atom is -0.369 e. The molecule has 0 amide bonds. The minimum atomic E-state index is -4.37. The summed E-state index contributed by atoms with van der Waals surface area (Å²) in [6.45, 7) is 0.773.